The molecule has 0 aliphatic carbocycles. The Labute approximate surface area is 167 Å². The van der Waals surface area contributed by atoms with Crippen LogP contribution in [0.1, 0.15) is 43.7 Å². The van der Waals surface area contributed by atoms with E-state index in [1.165, 1.54) is 23.4 Å². The molecule has 1 saturated heterocycles. The zero-order chi connectivity index (χ0) is 16.2. The summed E-state index contributed by atoms with van der Waals surface area (Å²) >= 11 is 1.65. The minimum absolute atomic E-state index is 0. The quantitative estimate of drug-likeness (QED) is 0.784. The molecule has 8 heteroatoms. The summed E-state index contributed by atoms with van der Waals surface area (Å²) in [6.45, 7) is 9.71. The third-order valence-electron chi connectivity index (χ3n) is 5.20. The standard InChI is InChI=1S/C17H28N4OS.2ClH/c1-3-21-9-6-14-15(11-21)23-17(19-14)20-16(22)10-12(2)13-4-7-18-8-5-13;;/h12-13,18H,3-11H2,1-2H3,(H,19,20,22);2*1H. The summed E-state index contributed by atoms with van der Waals surface area (Å²) in [5, 5.41) is 7.21. The van der Waals surface area contributed by atoms with Crippen molar-refractivity contribution in [3.05, 3.63) is 10.6 Å². The molecule has 3 heterocycles. The number of fused-ring (bicyclic) bond motifs is 1. The lowest BCUT2D eigenvalue weighted by atomic mass is 9.84. The SMILES string of the molecule is CCN1CCc2nc(NC(=O)CC(C)C3CCNCC3)sc2C1.Cl.Cl. The van der Waals surface area contributed by atoms with Gasteiger partial charge in [0.15, 0.2) is 5.13 Å². The molecule has 3 rings (SSSR count). The second-order valence-electron chi connectivity index (χ2n) is 6.82. The number of likely N-dealkylation sites (N-methyl/N-ethyl adjacent to an activating group) is 1. The highest BCUT2D eigenvalue weighted by Gasteiger charge is 2.24. The van der Waals surface area contributed by atoms with E-state index in [0.29, 0.717) is 18.3 Å². The maximum atomic E-state index is 12.3. The summed E-state index contributed by atoms with van der Waals surface area (Å²) in [4.78, 5) is 20.7. The first kappa shape index (κ1) is 22.6. The van der Waals surface area contributed by atoms with Gasteiger partial charge in [-0.3, -0.25) is 9.69 Å². The second-order valence-corrected chi connectivity index (χ2v) is 7.91. The summed E-state index contributed by atoms with van der Waals surface area (Å²) in [7, 11) is 0. The van der Waals surface area contributed by atoms with Gasteiger partial charge in [0, 0.05) is 30.8 Å². The van der Waals surface area contributed by atoms with E-state index < -0.39 is 0 Å². The van der Waals surface area contributed by atoms with E-state index in [9.17, 15) is 4.79 Å². The molecule has 1 fully saturated rings. The monoisotopic (exact) mass is 408 g/mol. The lowest BCUT2D eigenvalue weighted by Crippen LogP contribution is -2.32. The summed E-state index contributed by atoms with van der Waals surface area (Å²) in [6, 6.07) is 0. The van der Waals surface area contributed by atoms with E-state index in [4.69, 9.17) is 0 Å². The molecular weight excluding hydrogens is 379 g/mol. The molecule has 1 amide bonds. The predicted molar refractivity (Wildman–Crippen MR) is 109 cm³/mol. The maximum absolute atomic E-state index is 12.3. The molecule has 0 bridgehead atoms. The summed E-state index contributed by atoms with van der Waals surface area (Å²) in [5.74, 6) is 1.24. The van der Waals surface area contributed by atoms with Crippen molar-refractivity contribution in [2.45, 2.75) is 46.1 Å². The van der Waals surface area contributed by atoms with Gasteiger partial charge in [-0.1, -0.05) is 13.8 Å². The largest absolute Gasteiger partial charge is 0.317 e. The average molecular weight is 409 g/mol. The van der Waals surface area contributed by atoms with E-state index in [-0.39, 0.29) is 30.7 Å². The molecule has 0 aromatic carbocycles. The molecule has 1 aromatic rings. The minimum atomic E-state index is 0. The summed E-state index contributed by atoms with van der Waals surface area (Å²) in [5.41, 5.74) is 1.18. The number of thiazole rings is 1. The molecule has 1 aromatic heterocycles. The Kier molecular flexibility index (Phi) is 9.67. The van der Waals surface area contributed by atoms with E-state index in [0.717, 1.165) is 44.3 Å². The average Bonchev–Trinajstić information content (AvgIpc) is 2.96. The highest BCUT2D eigenvalue weighted by atomic mass is 35.5. The van der Waals surface area contributed by atoms with E-state index in [1.807, 2.05) is 0 Å². The smallest absolute Gasteiger partial charge is 0.226 e. The van der Waals surface area contributed by atoms with Crippen molar-refractivity contribution >= 4 is 47.2 Å². The molecule has 0 spiro atoms. The van der Waals surface area contributed by atoms with Crippen LogP contribution in [0.5, 0.6) is 0 Å². The molecule has 0 radical (unpaired) electrons. The molecule has 2 aliphatic rings. The van der Waals surface area contributed by atoms with Gasteiger partial charge in [-0.2, -0.15) is 0 Å². The van der Waals surface area contributed by atoms with Crippen LogP contribution in [0.25, 0.3) is 0 Å². The number of piperidine rings is 1. The molecule has 5 nitrogen and oxygen atoms in total. The third kappa shape index (κ3) is 6.07. The topological polar surface area (TPSA) is 57.3 Å². The fourth-order valence-electron chi connectivity index (χ4n) is 3.61. The van der Waals surface area contributed by atoms with Crippen LogP contribution < -0.4 is 10.6 Å². The van der Waals surface area contributed by atoms with Crippen LogP contribution in [-0.4, -0.2) is 42.0 Å². The number of rotatable bonds is 5. The predicted octanol–water partition coefficient (Wildman–Crippen LogP) is 3.33. The summed E-state index contributed by atoms with van der Waals surface area (Å²) in [6.07, 6.45) is 3.98. The van der Waals surface area contributed by atoms with Crippen LogP contribution in [0.2, 0.25) is 0 Å². The second kappa shape index (κ2) is 10.7. The van der Waals surface area contributed by atoms with Crippen LogP contribution in [-0.2, 0) is 17.8 Å². The van der Waals surface area contributed by atoms with Crippen molar-refractivity contribution in [3.8, 4) is 0 Å². The van der Waals surface area contributed by atoms with Gasteiger partial charge >= 0.3 is 0 Å². The first-order valence-corrected chi connectivity index (χ1v) is 9.69. The molecular formula is C17H30Cl2N4OS. The lowest BCUT2D eigenvalue weighted by Gasteiger charge is -2.27. The molecule has 2 aliphatic heterocycles. The van der Waals surface area contributed by atoms with Gasteiger partial charge in [0.05, 0.1) is 5.69 Å². The number of nitrogens with one attached hydrogen (secondary N) is 2. The van der Waals surface area contributed by atoms with Gasteiger partial charge in [0.2, 0.25) is 5.91 Å². The number of carbonyl (C=O) groups is 1. The number of anilines is 1. The number of halogens is 2. The third-order valence-corrected chi connectivity index (χ3v) is 6.20. The Hall–Kier alpha value is -0.400. The Balaban J connectivity index is 0.00000156. The van der Waals surface area contributed by atoms with Gasteiger partial charge in [-0.05, 0) is 44.3 Å². The lowest BCUT2D eigenvalue weighted by molar-refractivity contribution is -0.117. The van der Waals surface area contributed by atoms with Gasteiger partial charge < -0.3 is 10.6 Å². The molecule has 2 N–H and O–H groups in total. The van der Waals surface area contributed by atoms with Crippen LogP contribution >= 0.6 is 36.2 Å². The Morgan fingerprint density at radius 1 is 1.40 bits per heavy atom. The van der Waals surface area contributed by atoms with Crippen molar-refractivity contribution in [1.29, 1.82) is 0 Å². The highest BCUT2D eigenvalue weighted by Crippen LogP contribution is 2.29. The number of amides is 1. The van der Waals surface area contributed by atoms with Crippen molar-refractivity contribution in [1.82, 2.24) is 15.2 Å². The Bertz CT molecular complexity index is 549. The summed E-state index contributed by atoms with van der Waals surface area (Å²) < 4.78 is 0. The number of nitrogens with zero attached hydrogens (tertiary/aromatic N) is 2. The first-order chi connectivity index (χ1) is 11.2. The minimum Gasteiger partial charge on any atom is -0.317 e. The van der Waals surface area contributed by atoms with Crippen molar-refractivity contribution in [2.24, 2.45) is 11.8 Å². The van der Waals surface area contributed by atoms with Crippen LogP contribution in [0, 0.1) is 11.8 Å². The fourth-order valence-corrected chi connectivity index (χ4v) is 4.68. The Morgan fingerprint density at radius 2 is 2.12 bits per heavy atom. The first-order valence-electron chi connectivity index (χ1n) is 8.87. The van der Waals surface area contributed by atoms with Crippen LogP contribution in [0.4, 0.5) is 5.13 Å². The van der Waals surface area contributed by atoms with E-state index >= 15 is 0 Å². The fraction of sp³-hybridized carbons (Fsp3) is 0.765. The van der Waals surface area contributed by atoms with Crippen molar-refractivity contribution in [2.75, 3.05) is 31.5 Å². The van der Waals surface area contributed by atoms with Crippen LogP contribution in [0.3, 0.4) is 0 Å². The maximum Gasteiger partial charge on any atom is 0.226 e. The van der Waals surface area contributed by atoms with Gasteiger partial charge in [0.1, 0.15) is 0 Å². The molecule has 1 unspecified atom stereocenters. The van der Waals surface area contributed by atoms with Gasteiger partial charge in [-0.25, -0.2) is 4.98 Å². The van der Waals surface area contributed by atoms with Crippen molar-refractivity contribution < 1.29 is 4.79 Å². The Morgan fingerprint density at radius 3 is 2.80 bits per heavy atom. The normalized spacial score (nSPS) is 19.3. The highest BCUT2D eigenvalue weighted by molar-refractivity contribution is 7.15. The number of hydrogen-bond donors (Lipinski definition) is 2. The molecule has 144 valence electrons. The number of carbonyl (C=O) groups excluding carboxylic acids is 1. The van der Waals surface area contributed by atoms with Crippen LogP contribution in [0.15, 0.2) is 0 Å². The van der Waals surface area contributed by atoms with Crippen molar-refractivity contribution in [3.63, 3.8) is 0 Å². The van der Waals surface area contributed by atoms with E-state index in [2.05, 4.69) is 34.4 Å². The molecule has 1 atom stereocenters. The van der Waals surface area contributed by atoms with E-state index in [1.54, 1.807) is 11.3 Å². The zero-order valence-corrected chi connectivity index (χ0v) is 17.5. The zero-order valence-electron chi connectivity index (χ0n) is 15.0. The number of aromatic nitrogens is 1. The molecule has 0 saturated carbocycles. The number of hydrogen-bond acceptors (Lipinski definition) is 5. The van der Waals surface area contributed by atoms with Gasteiger partial charge in [-0.15, -0.1) is 36.2 Å². The van der Waals surface area contributed by atoms with Gasteiger partial charge in [0.25, 0.3) is 0 Å². The molecule has 25 heavy (non-hydrogen) atoms.